The average molecular weight is 185 g/mol. The van der Waals surface area contributed by atoms with Crippen LogP contribution in [0.15, 0.2) is 0 Å². The molecule has 0 rings (SSSR count). The third kappa shape index (κ3) is 7.06. The van der Waals surface area contributed by atoms with Gasteiger partial charge in [-0.25, -0.2) is 0 Å². The van der Waals surface area contributed by atoms with Crippen LogP contribution in [0.5, 0.6) is 0 Å². The van der Waals surface area contributed by atoms with E-state index in [1.54, 1.807) is 0 Å². The summed E-state index contributed by atoms with van der Waals surface area (Å²) in [7, 11) is 0. The lowest BCUT2D eigenvalue weighted by Crippen LogP contribution is -2.14. The summed E-state index contributed by atoms with van der Waals surface area (Å²) in [6.45, 7) is 10.2. The van der Waals surface area contributed by atoms with E-state index in [9.17, 15) is 0 Å². The van der Waals surface area contributed by atoms with Crippen LogP contribution in [-0.4, -0.2) is 6.54 Å². The van der Waals surface area contributed by atoms with Crippen LogP contribution < -0.4 is 5.73 Å². The maximum Gasteiger partial charge on any atom is -0.00773 e. The molecule has 0 aliphatic rings. The van der Waals surface area contributed by atoms with Crippen LogP contribution in [0.1, 0.15) is 59.8 Å². The maximum atomic E-state index is 5.47. The maximum absolute atomic E-state index is 5.47. The molecule has 0 saturated carbocycles. The van der Waals surface area contributed by atoms with Crippen molar-refractivity contribution in [3.8, 4) is 0 Å². The molecule has 0 spiro atoms. The first-order valence-corrected chi connectivity index (χ1v) is 5.72. The standard InChI is InChI=1S/C12H27N/c1-5-12(3,4)10-11(2)8-6-7-9-13/h11H,5-10,13H2,1-4H3/t11-/m0/s1. The van der Waals surface area contributed by atoms with Gasteiger partial charge in [-0.2, -0.15) is 0 Å². The third-order valence-corrected chi connectivity index (χ3v) is 3.01. The van der Waals surface area contributed by atoms with Crippen molar-refractivity contribution < 1.29 is 0 Å². The molecule has 0 unspecified atom stereocenters. The lowest BCUT2D eigenvalue weighted by atomic mass is 9.80. The summed E-state index contributed by atoms with van der Waals surface area (Å²) in [5.41, 5.74) is 6.00. The van der Waals surface area contributed by atoms with Gasteiger partial charge in [0.25, 0.3) is 0 Å². The molecule has 1 heteroatoms. The zero-order valence-electron chi connectivity index (χ0n) is 9.90. The monoisotopic (exact) mass is 185 g/mol. The lowest BCUT2D eigenvalue weighted by Gasteiger charge is -2.26. The highest BCUT2D eigenvalue weighted by atomic mass is 14.5. The van der Waals surface area contributed by atoms with E-state index >= 15 is 0 Å². The molecule has 0 fully saturated rings. The van der Waals surface area contributed by atoms with Gasteiger partial charge < -0.3 is 5.73 Å². The lowest BCUT2D eigenvalue weighted by molar-refractivity contribution is 0.256. The molecule has 0 radical (unpaired) electrons. The first kappa shape index (κ1) is 13.0. The fourth-order valence-corrected chi connectivity index (χ4v) is 1.83. The molecule has 13 heavy (non-hydrogen) atoms. The Morgan fingerprint density at radius 3 is 2.31 bits per heavy atom. The molecule has 0 aromatic carbocycles. The second-order valence-corrected chi connectivity index (χ2v) is 5.11. The Balaban J connectivity index is 3.55. The van der Waals surface area contributed by atoms with E-state index in [2.05, 4.69) is 27.7 Å². The van der Waals surface area contributed by atoms with Crippen LogP contribution >= 0.6 is 0 Å². The van der Waals surface area contributed by atoms with Crippen LogP contribution in [0, 0.1) is 11.3 Å². The highest BCUT2D eigenvalue weighted by Gasteiger charge is 2.18. The third-order valence-electron chi connectivity index (χ3n) is 3.01. The molecule has 2 N–H and O–H groups in total. The van der Waals surface area contributed by atoms with E-state index in [-0.39, 0.29) is 0 Å². The van der Waals surface area contributed by atoms with E-state index in [0.717, 1.165) is 12.5 Å². The molecule has 0 saturated heterocycles. The van der Waals surface area contributed by atoms with Crippen molar-refractivity contribution in [2.45, 2.75) is 59.8 Å². The minimum Gasteiger partial charge on any atom is -0.330 e. The first-order chi connectivity index (χ1) is 6.02. The van der Waals surface area contributed by atoms with Gasteiger partial charge in [-0.3, -0.25) is 0 Å². The Kier molecular flexibility index (Phi) is 6.40. The number of hydrogen-bond acceptors (Lipinski definition) is 1. The molecule has 0 aromatic rings. The van der Waals surface area contributed by atoms with Gasteiger partial charge in [0.1, 0.15) is 0 Å². The zero-order chi connectivity index (χ0) is 10.3. The van der Waals surface area contributed by atoms with E-state index in [1.807, 2.05) is 0 Å². The van der Waals surface area contributed by atoms with Crippen LogP contribution in [0.4, 0.5) is 0 Å². The van der Waals surface area contributed by atoms with Crippen molar-refractivity contribution in [3.05, 3.63) is 0 Å². The SMILES string of the molecule is CCC(C)(C)C[C@@H](C)CCCCN. The van der Waals surface area contributed by atoms with E-state index in [0.29, 0.717) is 5.41 Å². The van der Waals surface area contributed by atoms with E-state index in [1.165, 1.54) is 32.1 Å². The number of rotatable bonds is 7. The summed E-state index contributed by atoms with van der Waals surface area (Å²) >= 11 is 0. The second kappa shape index (κ2) is 6.42. The summed E-state index contributed by atoms with van der Waals surface area (Å²) < 4.78 is 0. The van der Waals surface area contributed by atoms with Crippen molar-refractivity contribution in [1.82, 2.24) is 0 Å². The largest absolute Gasteiger partial charge is 0.330 e. The summed E-state index contributed by atoms with van der Waals surface area (Å²) in [5.74, 6) is 0.862. The first-order valence-electron chi connectivity index (χ1n) is 5.72. The smallest absolute Gasteiger partial charge is 0.00773 e. The fourth-order valence-electron chi connectivity index (χ4n) is 1.83. The van der Waals surface area contributed by atoms with Gasteiger partial charge in [0.2, 0.25) is 0 Å². The molecule has 1 atom stereocenters. The van der Waals surface area contributed by atoms with Crippen LogP contribution in [0.2, 0.25) is 0 Å². The Hall–Kier alpha value is -0.0400. The summed E-state index contributed by atoms with van der Waals surface area (Å²) in [5, 5.41) is 0. The molecule has 80 valence electrons. The molecule has 0 aromatic heterocycles. The van der Waals surface area contributed by atoms with Gasteiger partial charge in [0, 0.05) is 0 Å². The minimum atomic E-state index is 0.530. The summed E-state index contributed by atoms with van der Waals surface area (Å²) in [6, 6.07) is 0. The number of nitrogens with two attached hydrogens (primary N) is 1. The van der Waals surface area contributed by atoms with Gasteiger partial charge in [-0.15, -0.1) is 0 Å². The van der Waals surface area contributed by atoms with Gasteiger partial charge >= 0.3 is 0 Å². The molecule has 0 aliphatic heterocycles. The van der Waals surface area contributed by atoms with Gasteiger partial charge in [0.15, 0.2) is 0 Å². The van der Waals surface area contributed by atoms with Crippen molar-refractivity contribution in [2.24, 2.45) is 17.1 Å². The summed E-state index contributed by atoms with van der Waals surface area (Å²) in [6.07, 6.45) is 6.48. The summed E-state index contributed by atoms with van der Waals surface area (Å²) in [4.78, 5) is 0. The second-order valence-electron chi connectivity index (χ2n) is 5.11. The Morgan fingerprint density at radius 1 is 1.23 bits per heavy atom. The molecule has 1 nitrogen and oxygen atoms in total. The van der Waals surface area contributed by atoms with Gasteiger partial charge in [-0.05, 0) is 30.7 Å². The van der Waals surface area contributed by atoms with Crippen LogP contribution in [0.3, 0.4) is 0 Å². The Bertz CT molecular complexity index is 118. The average Bonchev–Trinajstić information content (AvgIpc) is 2.04. The highest BCUT2D eigenvalue weighted by molar-refractivity contribution is 4.69. The molecule has 0 heterocycles. The fraction of sp³-hybridized carbons (Fsp3) is 1.00. The highest BCUT2D eigenvalue weighted by Crippen LogP contribution is 2.30. The number of unbranched alkanes of at least 4 members (excludes halogenated alkanes) is 1. The Morgan fingerprint density at radius 2 is 1.85 bits per heavy atom. The van der Waals surface area contributed by atoms with Crippen molar-refractivity contribution in [2.75, 3.05) is 6.54 Å². The topological polar surface area (TPSA) is 26.0 Å². The predicted octanol–water partition coefficient (Wildman–Crippen LogP) is 3.58. The molecule has 0 amide bonds. The van der Waals surface area contributed by atoms with Gasteiger partial charge in [-0.1, -0.05) is 47.0 Å². The van der Waals surface area contributed by atoms with Crippen LogP contribution in [-0.2, 0) is 0 Å². The molecule has 0 aliphatic carbocycles. The van der Waals surface area contributed by atoms with Crippen molar-refractivity contribution >= 4 is 0 Å². The molecular formula is C12H27N. The predicted molar refractivity (Wildman–Crippen MR) is 60.8 cm³/mol. The zero-order valence-corrected chi connectivity index (χ0v) is 9.90. The van der Waals surface area contributed by atoms with Crippen molar-refractivity contribution in [3.63, 3.8) is 0 Å². The molecular weight excluding hydrogens is 158 g/mol. The van der Waals surface area contributed by atoms with Crippen molar-refractivity contribution in [1.29, 1.82) is 0 Å². The van der Waals surface area contributed by atoms with E-state index < -0.39 is 0 Å². The van der Waals surface area contributed by atoms with Crippen LogP contribution in [0.25, 0.3) is 0 Å². The van der Waals surface area contributed by atoms with Gasteiger partial charge in [0.05, 0.1) is 0 Å². The minimum absolute atomic E-state index is 0.530. The Labute approximate surface area is 84.1 Å². The normalized spacial score (nSPS) is 14.5. The van der Waals surface area contributed by atoms with E-state index in [4.69, 9.17) is 5.73 Å². The number of hydrogen-bond donors (Lipinski definition) is 1. The molecule has 0 bridgehead atoms. The quantitative estimate of drug-likeness (QED) is 0.603.